The molecule has 1 aliphatic heterocycles. The molecule has 0 spiro atoms. The second-order valence-electron chi connectivity index (χ2n) is 7.54. The fraction of sp³-hybridized carbons (Fsp3) is 0.333. The number of nitrogens with one attached hydrogen (secondary N) is 2. The second-order valence-corrected chi connectivity index (χ2v) is 7.54. The summed E-state index contributed by atoms with van der Waals surface area (Å²) in [6.07, 6.45) is 3.43. The lowest BCUT2D eigenvalue weighted by Crippen LogP contribution is -2.32. The summed E-state index contributed by atoms with van der Waals surface area (Å²) < 4.78 is 11.3. The molecule has 3 rings (SSSR count). The Morgan fingerprint density at radius 2 is 1.82 bits per heavy atom. The monoisotopic (exact) mass is 452 g/mol. The van der Waals surface area contributed by atoms with Crippen molar-refractivity contribution in [2.45, 2.75) is 26.7 Å². The van der Waals surface area contributed by atoms with Crippen LogP contribution in [-0.4, -0.2) is 55.1 Å². The van der Waals surface area contributed by atoms with Gasteiger partial charge in [-0.05, 0) is 68.1 Å². The molecule has 0 atom stereocenters. The van der Waals surface area contributed by atoms with Crippen LogP contribution in [0.3, 0.4) is 0 Å². The van der Waals surface area contributed by atoms with Crippen LogP contribution in [0.25, 0.3) is 0 Å². The molecule has 0 unspecified atom stereocenters. The van der Waals surface area contributed by atoms with E-state index in [1.54, 1.807) is 41.3 Å². The fourth-order valence-corrected chi connectivity index (χ4v) is 3.32. The highest BCUT2D eigenvalue weighted by Gasteiger charge is 2.19. The van der Waals surface area contributed by atoms with Crippen LogP contribution >= 0.6 is 0 Å². The lowest BCUT2D eigenvalue weighted by molar-refractivity contribution is -0.136. The molecule has 0 aliphatic carbocycles. The van der Waals surface area contributed by atoms with Crippen molar-refractivity contribution in [1.29, 1.82) is 0 Å². The predicted molar refractivity (Wildman–Crippen MR) is 124 cm³/mol. The molecule has 0 bridgehead atoms. The molecule has 2 aromatic carbocycles. The molecule has 9 heteroatoms. The van der Waals surface area contributed by atoms with Crippen LogP contribution in [0.2, 0.25) is 0 Å². The van der Waals surface area contributed by atoms with Crippen molar-refractivity contribution in [3.63, 3.8) is 0 Å². The van der Waals surface area contributed by atoms with Gasteiger partial charge in [0.05, 0.1) is 12.8 Å². The first-order chi connectivity index (χ1) is 16.0. The van der Waals surface area contributed by atoms with Gasteiger partial charge in [-0.1, -0.05) is 12.1 Å². The maximum atomic E-state index is 12.2. The quantitative estimate of drug-likeness (QED) is 0.363. The van der Waals surface area contributed by atoms with Crippen molar-refractivity contribution in [1.82, 2.24) is 10.3 Å². The minimum atomic E-state index is -0.891. The molecule has 2 aromatic rings. The highest BCUT2D eigenvalue weighted by atomic mass is 16.5. The number of hydrogen-bond acceptors (Lipinski definition) is 6. The number of hydrazone groups is 1. The normalized spacial score (nSPS) is 13.1. The van der Waals surface area contributed by atoms with E-state index in [1.165, 1.54) is 6.21 Å². The Morgan fingerprint density at radius 3 is 2.55 bits per heavy atom. The number of aryl methyl sites for hydroxylation is 1. The first kappa shape index (κ1) is 23.8. The van der Waals surface area contributed by atoms with Gasteiger partial charge in [-0.25, -0.2) is 5.43 Å². The Bertz CT molecular complexity index is 1030. The van der Waals surface area contributed by atoms with Crippen molar-refractivity contribution in [2.24, 2.45) is 5.10 Å². The Labute approximate surface area is 192 Å². The van der Waals surface area contributed by atoms with Crippen LogP contribution in [0.15, 0.2) is 47.6 Å². The van der Waals surface area contributed by atoms with Crippen LogP contribution in [-0.2, 0) is 14.4 Å². The SMILES string of the molecule is CCOc1cc(/C=N\NC(=O)C(=O)Nc2cccc(C)c2)ccc1OCC(=O)N1CCCC1. The Hall–Kier alpha value is -3.88. The summed E-state index contributed by atoms with van der Waals surface area (Å²) in [5.74, 6) is -0.855. The molecule has 0 aromatic heterocycles. The Morgan fingerprint density at radius 1 is 1.03 bits per heavy atom. The van der Waals surface area contributed by atoms with Gasteiger partial charge in [0, 0.05) is 18.8 Å². The molecule has 2 N–H and O–H groups in total. The number of hydrogen-bond donors (Lipinski definition) is 2. The first-order valence-corrected chi connectivity index (χ1v) is 10.8. The van der Waals surface area contributed by atoms with E-state index in [0.717, 1.165) is 31.5 Å². The van der Waals surface area contributed by atoms with Gasteiger partial charge in [0.2, 0.25) is 0 Å². The Balaban J connectivity index is 1.55. The molecule has 0 saturated carbocycles. The average molecular weight is 453 g/mol. The van der Waals surface area contributed by atoms with Gasteiger partial charge in [0.25, 0.3) is 5.91 Å². The van der Waals surface area contributed by atoms with E-state index in [2.05, 4.69) is 15.8 Å². The minimum Gasteiger partial charge on any atom is -0.490 e. The summed E-state index contributed by atoms with van der Waals surface area (Å²) in [6.45, 7) is 5.62. The number of benzene rings is 2. The van der Waals surface area contributed by atoms with Crippen LogP contribution < -0.4 is 20.2 Å². The third kappa shape index (κ3) is 7.06. The largest absolute Gasteiger partial charge is 0.490 e. The second kappa shape index (κ2) is 11.7. The summed E-state index contributed by atoms with van der Waals surface area (Å²) in [5.41, 5.74) is 4.31. The molecule has 33 heavy (non-hydrogen) atoms. The van der Waals surface area contributed by atoms with Gasteiger partial charge in [-0.3, -0.25) is 14.4 Å². The molecule has 1 heterocycles. The summed E-state index contributed by atoms with van der Waals surface area (Å²) in [4.78, 5) is 38.0. The van der Waals surface area contributed by atoms with Crippen molar-refractivity contribution in [2.75, 3.05) is 31.6 Å². The maximum Gasteiger partial charge on any atom is 0.329 e. The van der Waals surface area contributed by atoms with Gasteiger partial charge in [-0.2, -0.15) is 5.10 Å². The van der Waals surface area contributed by atoms with Crippen molar-refractivity contribution in [3.05, 3.63) is 53.6 Å². The van der Waals surface area contributed by atoms with Crippen LogP contribution in [0.5, 0.6) is 11.5 Å². The number of carbonyl (C=O) groups is 3. The van der Waals surface area contributed by atoms with Gasteiger partial charge in [0.15, 0.2) is 18.1 Å². The molecule has 9 nitrogen and oxygen atoms in total. The smallest absolute Gasteiger partial charge is 0.329 e. The zero-order valence-corrected chi connectivity index (χ0v) is 18.8. The third-order valence-electron chi connectivity index (χ3n) is 4.94. The summed E-state index contributed by atoms with van der Waals surface area (Å²) >= 11 is 0. The number of rotatable bonds is 8. The van der Waals surface area contributed by atoms with Crippen molar-refractivity contribution >= 4 is 29.6 Å². The molecule has 174 valence electrons. The lowest BCUT2D eigenvalue weighted by atomic mass is 10.2. The topological polar surface area (TPSA) is 109 Å². The average Bonchev–Trinajstić information content (AvgIpc) is 3.33. The first-order valence-electron chi connectivity index (χ1n) is 10.8. The number of amides is 3. The van der Waals surface area contributed by atoms with Gasteiger partial charge >= 0.3 is 11.8 Å². The third-order valence-corrected chi connectivity index (χ3v) is 4.94. The van der Waals surface area contributed by atoms with Crippen LogP contribution in [0, 0.1) is 6.92 Å². The van der Waals surface area contributed by atoms with E-state index in [0.29, 0.717) is 29.4 Å². The zero-order valence-electron chi connectivity index (χ0n) is 18.8. The van der Waals surface area contributed by atoms with E-state index in [-0.39, 0.29) is 12.5 Å². The molecule has 0 radical (unpaired) electrons. The van der Waals surface area contributed by atoms with E-state index in [9.17, 15) is 14.4 Å². The summed E-state index contributed by atoms with van der Waals surface area (Å²) in [5, 5.41) is 6.35. The predicted octanol–water partition coefficient (Wildman–Crippen LogP) is 2.48. The molecule has 1 fully saturated rings. The lowest BCUT2D eigenvalue weighted by Gasteiger charge is -2.17. The molecular weight excluding hydrogens is 424 g/mol. The van der Waals surface area contributed by atoms with E-state index >= 15 is 0 Å². The molecular formula is C24H28N4O5. The standard InChI is InChI=1S/C24H28N4O5/c1-3-32-21-14-18(9-10-20(21)33-16-22(29)28-11-4-5-12-28)15-25-27-24(31)23(30)26-19-8-6-7-17(2)13-19/h6-10,13-15H,3-5,11-12,16H2,1-2H3,(H,26,30)(H,27,31)/b25-15-. The Kier molecular flexibility index (Phi) is 8.40. The maximum absolute atomic E-state index is 12.2. The molecule has 3 amide bonds. The fourth-order valence-electron chi connectivity index (χ4n) is 3.32. The highest BCUT2D eigenvalue weighted by molar-refractivity contribution is 6.39. The van der Waals surface area contributed by atoms with Crippen LogP contribution in [0.1, 0.15) is 30.9 Å². The van der Waals surface area contributed by atoms with E-state index < -0.39 is 11.8 Å². The summed E-state index contributed by atoms with van der Waals surface area (Å²) in [7, 11) is 0. The summed E-state index contributed by atoms with van der Waals surface area (Å²) in [6, 6.07) is 12.2. The zero-order chi connectivity index (χ0) is 23.6. The van der Waals surface area contributed by atoms with Crippen molar-refractivity contribution in [3.8, 4) is 11.5 Å². The highest BCUT2D eigenvalue weighted by Crippen LogP contribution is 2.28. The number of likely N-dealkylation sites (tertiary alicyclic amines) is 1. The van der Waals surface area contributed by atoms with Crippen LogP contribution in [0.4, 0.5) is 5.69 Å². The van der Waals surface area contributed by atoms with E-state index in [4.69, 9.17) is 9.47 Å². The molecule has 1 saturated heterocycles. The van der Waals surface area contributed by atoms with Crippen molar-refractivity contribution < 1.29 is 23.9 Å². The molecule has 1 aliphatic rings. The van der Waals surface area contributed by atoms with Gasteiger partial charge < -0.3 is 19.7 Å². The van der Waals surface area contributed by atoms with Gasteiger partial charge in [-0.15, -0.1) is 0 Å². The minimum absolute atomic E-state index is 0.0489. The number of carbonyl (C=O) groups excluding carboxylic acids is 3. The van der Waals surface area contributed by atoms with Gasteiger partial charge in [0.1, 0.15) is 0 Å². The number of nitrogens with zero attached hydrogens (tertiary/aromatic N) is 2. The van der Waals surface area contributed by atoms with E-state index in [1.807, 2.05) is 19.9 Å². The number of ether oxygens (including phenoxy) is 2. The number of anilines is 1.